The van der Waals surface area contributed by atoms with Crippen LogP contribution in [0.2, 0.25) is 0 Å². The van der Waals surface area contributed by atoms with Gasteiger partial charge in [-0.15, -0.1) is 11.8 Å². The zero-order valence-corrected chi connectivity index (χ0v) is 12.2. The Balaban J connectivity index is 2.34. The number of hydrogen-bond donors (Lipinski definition) is 1. The van der Waals surface area contributed by atoms with Crippen molar-refractivity contribution in [3.8, 4) is 11.5 Å². The molecule has 1 N–H and O–H groups in total. The molecule has 0 unspecified atom stereocenters. The first-order valence-electron chi connectivity index (χ1n) is 6.32. The second-order valence-corrected chi connectivity index (χ2v) is 5.09. The molecule has 0 aliphatic carbocycles. The lowest BCUT2D eigenvalue weighted by Crippen LogP contribution is -2.02. The minimum Gasteiger partial charge on any atom is -0.478 e. The first-order valence-corrected chi connectivity index (χ1v) is 7.55. The lowest BCUT2D eigenvalue weighted by molar-refractivity contribution is 0.0690. The third-order valence-corrected chi connectivity index (χ3v) is 3.76. The van der Waals surface area contributed by atoms with Crippen molar-refractivity contribution in [3.63, 3.8) is 0 Å². The summed E-state index contributed by atoms with van der Waals surface area (Å²) in [6, 6.07) is 12.9. The Hall–Kier alpha value is -1.94. The van der Waals surface area contributed by atoms with Crippen molar-refractivity contribution in [2.24, 2.45) is 0 Å². The summed E-state index contributed by atoms with van der Waals surface area (Å²) in [6.07, 6.45) is 2.81. The Kier molecular flexibility index (Phi) is 4.69. The smallest absolute Gasteiger partial charge is 0.340 e. The highest BCUT2D eigenvalue weighted by molar-refractivity contribution is 7.98. The quantitative estimate of drug-likeness (QED) is 0.825. The fraction of sp³-hybridized carbons (Fsp3) is 0.188. The van der Waals surface area contributed by atoms with Gasteiger partial charge in [0.1, 0.15) is 17.1 Å². The highest BCUT2D eigenvalue weighted by atomic mass is 32.2. The summed E-state index contributed by atoms with van der Waals surface area (Å²) in [4.78, 5) is 12.1. The van der Waals surface area contributed by atoms with Crippen LogP contribution in [0.1, 0.15) is 22.8 Å². The molecule has 0 aliphatic heterocycles. The molecule has 0 fully saturated rings. The van der Waals surface area contributed by atoms with E-state index in [4.69, 9.17) is 4.74 Å². The summed E-state index contributed by atoms with van der Waals surface area (Å²) in [7, 11) is 0. The van der Waals surface area contributed by atoms with E-state index in [1.54, 1.807) is 18.2 Å². The molecule has 0 radical (unpaired) electrons. The summed E-state index contributed by atoms with van der Waals surface area (Å²) < 4.78 is 5.72. The molecule has 2 aromatic rings. The molecular formula is C16H16O3S. The van der Waals surface area contributed by atoms with E-state index >= 15 is 0 Å². The second-order valence-electron chi connectivity index (χ2n) is 4.24. The topological polar surface area (TPSA) is 46.5 Å². The predicted molar refractivity (Wildman–Crippen MR) is 81.1 cm³/mol. The number of carbonyl (C=O) groups is 1. The first kappa shape index (κ1) is 14.5. The molecule has 3 nitrogen and oxygen atoms in total. The lowest BCUT2D eigenvalue weighted by Gasteiger charge is -2.11. The van der Waals surface area contributed by atoms with Crippen LogP contribution in [0.15, 0.2) is 47.4 Å². The van der Waals surface area contributed by atoms with Gasteiger partial charge in [0, 0.05) is 4.90 Å². The van der Waals surface area contributed by atoms with Gasteiger partial charge >= 0.3 is 5.97 Å². The number of benzene rings is 2. The van der Waals surface area contributed by atoms with Crippen LogP contribution in [0.5, 0.6) is 11.5 Å². The van der Waals surface area contributed by atoms with Gasteiger partial charge in [0.15, 0.2) is 0 Å². The van der Waals surface area contributed by atoms with Gasteiger partial charge in [-0.3, -0.25) is 0 Å². The van der Waals surface area contributed by atoms with Crippen molar-refractivity contribution < 1.29 is 14.6 Å². The molecule has 0 spiro atoms. The van der Waals surface area contributed by atoms with Gasteiger partial charge in [-0.05, 0) is 42.5 Å². The number of hydrogen-bond acceptors (Lipinski definition) is 3. The van der Waals surface area contributed by atoms with Crippen molar-refractivity contribution in [1.82, 2.24) is 0 Å². The number of ether oxygens (including phenoxy) is 1. The Morgan fingerprint density at radius 1 is 1.20 bits per heavy atom. The fourth-order valence-corrected chi connectivity index (χ4v) is 2.50. The number of aromatic carboxylic acids is 1. The Morgan fingerprint density at radius 2 is 1.90 bits per heavy atom. The molecule has 2 aromatic carbocycles. The van der Waals surface area contributed by atoms with Crippen LogP contribution < -0.4 is 4.74 Å². The average molecular weight is 288 g/mol. The highest BCUT2D eigenvalue weighted by Crippen LogP contribution is 2.32. The third kappa shape index (κ3) is 3.14. The highest BCUT2D eigenvalue weighted by Gasteiger charge is 2.16. The van der Waals surface area contributed by atoms with E-state index in [-0.39, 0.29) is 5.56 Å². The molecule has 0 saturated carbocycles. The summed E-state index contributed by atoms with van der Waals surface area (Å²) in [6.45, 7) is 2.08. The maximum absolute atomic E-state index is 11.4. The van der Waals surface area contributed by atoms with Crippen molar-refractivity contribution >= 4 is 17.7 Å². The molecule has 0 atom stereocenters. The first-order chi connectivity index (χ1) is 9.65. The Morgan fingerprint density at radius 3 is 2.45 bits per heavy atom. The van der Waals surface area contributed by atoms with E-state index in [2.05, 4.69) is 6.92 Å². The molecule has 0 amide bonds. The van der Waals surface area contributed by atoms with Crippen molar-refractivity contribution in [2.75, 3.05) is 6.26 Å². The summed E-state index contributed by atoms with van der Waals surface area (Å²) in [5, 5.41) is 9.34. The van der Waals surface area contributed by atoms with Gasteiger partial charge in [0.25, 0.3) is 0 Å². The number of aryl methyl sites for hydroxylation is 1. The number of carboxylic acid groups (broad SMARTS) is 1. The van der Waals surface area contributed by atoms with Crippen molar-refractivity contribution in [3.05, 3.63) is 53.6 Å². The average Bonchev–Trinajstić information content (AvgIpc) is 2.47. The van der Waals surface area contributed by atoms with E-state index in [0.717, 1.165) is 6.42 Å². The summed E-state index contributed by atoms with van der Waals surface area (Å²) in [5.74, 6) is 0.0340. The largest absolute Gasteiger partial charge is 0.478 e. The standard InChI is InChI=1S/C16H16O3S/c1-3-11-7-9-12(10-8-11)19-13-5-4-6-14(20-2)15(13)16(17)18/h4-10H,3H2,1-2H3,(H,17,18). The Bertz CT molecular complexity index is 606. The van der Waals surface area contributed by atoms with Crippen LogP contribution >= 0.6 is 11.8 Å². The van der Waals surface area contributed by atoms with E-state index in [1.807, 2.05) is 30.5 Å². The van der Waals surface area contributed by atoms with E-state index in [0.29, 0.717) is 16.4 Å². The summed E-state index contributed by atoms with van der Waals surface area (Å²) >= 11 is 1.39. The molecule has 2 rings (SSSR count). The number of rotatable bonds is 5. The molecule has 0 aromatic heterocycles. The van der Waals surface area contributed by atoms with Crippen LogP contribution in [0.4, 0.5) is 0 Å². The maximum atomic E-state index is 11.4. The maximum Gasteiger partial charge on any atom is 0.340 e. The van der Waals surface area contributed by atoms with Crippen molar-refractivity contribution in [1.29, 1.82) is 0 Å². The molecular weight excluding hydrogens is 272 g/mol. The van der Waals surface area contributed by atoms with Crippen LogP contribution in [-0.4, -0.2) is 17.3 Å². The zero-order chi connectivity index (χ0) is 14.5. The number of thioether (sulfide) groups is 1. The van der Waals surface area contributed by atoms with Crippen molar-refractivity contribution in [2.45, 2.75) is 18.2 Å². The molecule has 0 heterocycles. The normalized spacial score (nSPS) is 10.3. The van der Waals surface area contributed by atoms with Gasteiger partial charge in [0.05, 0.1) is 0 Å². The monoisotopic (exact) mass is 288 g/mol. The van der Waals surface area contributed by atoms with E-state index in [1.165, 1.54) is 17.3 Å². The molecule has 0 aliphatic rings. The van der Waals surface area contributed by atoms with Gasteiger partial charge < -0.3 is 9.84 Å². The molecule has 20 heavy (non-hydrogen) atoms. The van der Waals surface area contributed by atoms with Gasteiger partial charge in [-0.1, -0.05) is 25.1 Å². The minimum atomic E-state index is -0.977. The molecule has 0 saturated heterocycles. The van der Waals surface area contributed by atoms with Gasteiger partial charge in [0.2, 0.25) is 0 Å². The van der Waals surface area contributed by atoms with E-state index in [9.17, 15) is 9.90 Å². The summed E-state index contributed by atoms with van der Waals surface area (Å²) in [5.41, 5.74) is 1.42. The predicted octanol–water partition coefficient (Wildman–Crippen LogP) is 4.46. The van der Waals surface area contributed by atoms with Gasteiger partial charge in [-0.25, -0.2) is 4.79 Å². The van der Waals surface area contributed by atoms with Crippen LogP contribution in [-0.2, 0) is 6.42 Å². The van der Waals surface area contributed by atoms with Crippen LogP contribution in [0.3, 0.4) is 0 Å². The van der Waals surface area contributed by atoms with E-state index < -0.39 is 5.97 Å². The SMILES string of the molecule is CCc1ccc(Oc2cccc(SC)c2C(=O)O)cc1. The zero-order valence-electron chi connectivity index (χ0n) is 11.4. The number of carboxylic acids is 1. The Labute approximate surface area is 122 Å². The third-order valence-electron chi connectivity index (χ3n) is 2.98. The fourth-order valence-electron chi connectivity index (χ4n) is 1.90. The molecule has 104 valence electrons. The molecule has 4 heteroatoms. The second kappa shape index (κ2) is 6.48. The van der Waals surface area contributed by atoms with Crippen LogP contribution in [0.25, 0.3) is 0 Å². The van der Waals surface area contributed by atoms with Gasteiger partial charge in [-0.2, -0.15) is 0 Å². The lowest BCUT2D eigenvalue weighted by atomic mass is 10.1. The molecule has 0 bridgehead atoms. The van der Waals surface area contributed by atoms with Crippen LogP contribution in [0, 0.1) is 0 Å². The minimum absolute atomic E-state index is 0.208.